The molecule has 0 aromatic rings. The Morgan fingerprint density at radius 1 is 1.46 bits per heavy atom. The van der Waals surface area contributed by atoms with Crippen LogP contribution in [0.2, 0.25) is 0 Å². The molecule has 1 aliphatic carbocycles. The zero-order valence-corrected chi connectivity index (χ0v) is 8.90. The Hall–Kier alpha value is -0.0800. The molecule has 0 amide bonds. The van der Waals surface area contributed by atoms with E-state index < -0.39 is 0 Å². The van der Waals surface area contributed by atoms with E-state index in [4.69, 9.17) is 0 Å². The molecule has 1 aliphatic heterocycles. The summed E-state index contributed by atoms with van der Waals surface area (Å²) in [6.07, 6.45) is 4.38. The van der Waals surface area contributed by atoms with Crippen LogP contribution >= 0.6 is 0 Å². The lowest BCUT2D eigenvalue weighted by Crippen LogP contribution is -2.42. The topological polar surface area (TPSA) is 24.1 Å². The smallest absolute Gasteiger partial charge is 0.00116 e. The summed E-state index contributed by atoms with van der Waals surface area (Å²) in [5, 5.41) is 7.12. The first-order valence-corrected chi connectivity index (χ1v) is 5.67. The Bertz CT molecular complexity index is 173. The van der Waals surface area contributed by atoms with Gasteiger partial charge in [-0.1, -0.05) is 20.3 Å². The first-order chi connectivity index (χ1) is 6.23. The van der Waals surface area contributed by atoms with Crippen LogP contribution in [0, 0.1) is 11.3 Å². The average Bonchev–Trinajstić information content (AvgIpc) is 2.42. The zero-order valence-electron chi connectivity index (χ0n) is 8.90. The highest BCUT2D eigenvalue weighted by Crippen LogP contribution is 2.48. The van der Waals surface area contributed by atoms with Gasteiger partial charge in [-0.15, -0.1) is 0 Å². The molecule has 2 heteroatoms. The molecule has 0 bridgehead atoms. The first kappa shape index (κ1) is 9.47. The highest BCUT2D eigenvalue weighted by atomic mass is 15.0. The van der Waals surface area contributed by atoms with Crippen molar-refractivity contribution in [3.05, 3.63) is 0 Å². The van der Waals surface area contributed by atoms with Crippen LogP contribution < -0.4 is 10.6 Å². The van der Waals surface area contributed by atoms with E-state index in [1.54, 1.807) is 0 Å². The third-order valence-electron chi connectivity index (χ3n) is 3.86. The van der Waals surface area contributed by atoms with E-state index >= 15 is 0 Å². The predicted octanol–water partition coefficient (Wildman–Crippen LogP) is 1.37. The highest BCUT2D eigenvalue weighted by Gasteiger charge is 2.46. The molecule has 0 aromatic heterocycles. The van der Waals surface area contributed by atoms with Gasteiger partial charge in [0.1, 0.15) is 0 Å². The minimum Gasteiger partial charge on any atom is -0.316 e. The molecule has 1 atom stereocenters. The van der Waals surface area contributed by atoms with Crippen LogP contribution in [0.15, 0.2) is 0 Å². The minimum absolute atomic E-state index is 0.637. The summed E-state index contributed by atoms with van der Waals surface area (Å²) >= 11 is 0. The van der Waals surface area contributed by atoms with Gasteiger partial charge >= 0.3 is 0 Å². The van der Waals surface area contributed by atoms with Gasteiger partial charge in [-0.25, -0.2) is 0 Å². The van der Waals surface area contributed by atoms with Crippen LogP contribution in [0.25, 0.3) is 0 Å². The maximum Gasteiger partial charge on any atom is 0.00116 e. The van der Waals surface area contributed by atoms with E-state index in [9.17, 15) is 0 Å². The molecule has 1 spiro atoms. The highest BCUT2D eigenvalue weighted by molar-refractivity contribution is 5.00. The Kier molecular flexibility index (Phi) is 2.61. The van der Waals surface area contributed by atoms with Crippen molar-refractivity contribution in [1.82, 2.24) is 10.6 Å². The normalized spacial score (nSPS) is 31.2. The minimum atomic E-state index is 0.637. The van der Waals surface area contributed by atoms with Gasteiger partial charge in [-0.2, -0.15) is 0 Å². The molecule has 2 N–H and O–H groups in total. The Morgan fingerprint density at radius 3 is 2.77 bits per heavy atom. The molecule has 0 radical (unpaired) electrons. The standard InChI is InChI=1S/C11H22N2/c1-9(2)13-7-10-6-12-8-11(10)4-3-5-11/h9-10,12-13H,3-8H2,1-2H3. The Balaban J connectivity index is 1.84. The van der Waals surface area contributed by atoms with Gasteiger partial charge in [0.2, 0.25) is 0 Å². The van der Waals surface area contributed by atoms with Crippen LogP contribution in [0.3, 0.4) is 0 Å². The molecule has 1 saturated carbocycles. The van der Waals surface area contributed by atoms with Crippen molar-refractivity contribution >= 4 is 0 Å². The number of hydrogen-bond donors (Lipinski definition) is 2. The third kappa shape index (κ3) is 1.75. The van der Waals surface area contributed by atoms with Gasteiger partial charge in [0.05, 0.1) is 0 Å². The second-order valence-electron chi connectivity index (χ2n) is 5.11. The summed E-state index contributed by atoms with van der Waals surface area (Å²) < 4.78 is 0. The van der Waals surface area contributed by atoms with Crippen molar-refractivity contribution in [2.24, 2.45) is 11.3 Å². The van der Waals surface area contributed by atoms with Gasteiger partial charge in [0, 0.05) is 12.6 Å². The van der Waals surface area contributed by atoms with Crippen molar-refractivity contribution in [3.8, 4) is 0 Å². The molecule has 2 aliphatic rings. The number of hydrogen-bond acceptors (Lipinski definition) is 2. The predicted molar refractivity (Wildman–Crippen MR) is 55.8 cm³/mol. The second-order valence-corrected chi connectivity index (χ2v) is 5.11. The summed E-state index contributed by atoms with van der Waals surface area (Å²) in [7, 11) is 0. The quantitative estimate of drug-likeness (QED) is 0.689. The average molecular weight is 182 g/mol. The molecule has 1 heterocycles. The van der Waals surface area contributed by atoms with Crippen LogP contribution in [-0.4, -0.2) is 25.7 Å². The largest absolute Gasteiger partial charge is 0.316 e. The summed E-state index contributed by atoms with van der Waals surface area (Å²) in [5.74, 6) is 0.892. The molecule has 76 valence electrons. The second kappa shape index (κ2) is 3.58. The SMILES string of the molecule is CC(C)NCC1CNCC12CCC2. The summed E-state index contributed by atoms with van der Waals surface area (Å²) in [6, 6.07) is 0.637. The van der Waals surface area contributed by atoms with Crippen LogP contribution in [0.5, 0.6) is 0 Å². The molecule has 13 heavy (non-hydrogen) atoms. The molecule has 2 rings (SSSR count). The van der Waals surface area contributed by atoms with Gasteiger partial charge in [-0.05, 0) is 37.3 Å². The van der Waals surface area contributed by atoms with E-state index in [1.165, 1.54) is 38.9 Å². The van der Waals surface area contributed by atoms with E-state index in [0.717, 1.165) is 5.92 Å². The van der Waals surface area contributed by atoms with Gasteiger partial charge in [0.15, 0.2) is 0 Å². The summed E-state index contributed by atoms with van der Waals surface area (Å²) in [5.41, 5.74) is 0.696. The van der Waals surface area contributed by atoms with Crippen LogP contribution in [0.1, 0.15) is 33.1 Å². The fourth-order valence-electron chi connectivity index (χ4n) is 2.74. The lowest BCUT2D eigenvalue weighted by Gasteiger charge is -2.43. The molecular formula is C11H22N2. The number of rotatable bonds is 3. The Labute approximate surface area is 81.5 Å². The van der Waals surface area contributed by atoms with E-state index in [0.29, 0.717) is 11.5 Å². The molecule has 1 unspecified atom stereocenters. The lowest BCUT2D eigenvalue weighted by molar-refractivity contribution is 0.0959. The number of nitrogens with one attached hydrogen (secondary N) is 2. The van der Waals surface area contributed by atoms with Crippen LogP contribution in [-0.2, 0) is 0 Å². The van der Waals surface area contributed by atoms with E-state index in [2.05, 4.69) is 24.5 Å². The molecule has 0 aromatic carbocycles. The van der Waals surface area contributed by atoms with Crippen molar-refractivity contribution in [2.45, 2.75) is 39.2 Å². The Morgan fingerprint density at radius 2 is 2.23 bits per heavy atom. The van der Waals surface area contributed by atoms with E-state index in [1.807, 2.05) is 0 Å². The lowest BCUT2D eigenvalue weighted by atomic mass is 9.63. The molecule has 2 nitrogen and oxygen atoms in total. The van der Waals surface area contributed by atoms with Crippen molar-refractivity contribution < 1.29 is 0 Å². The monoisotopic (exact) mass is 182 g/mol. The fraction of sp³-hybridized carbons (Fsp3) is 1.00. The maximum atomic E-state index is 3.57. The van der Waals surface area contributed by atoms with Crippen LogP contribution in [0.4, 0.5) is 0 Å². The van der Waals surface area contributed by atoms with Gasteiger partial charge in [-0.3, -0.25) is 0 Å². The maximum absolute atomic E-state index is 3.57. The van der Waals surface area contributed by atoms with Gasteiger partial charge < -0.3 is 10.6 Å². The van der Waals surface area contributed by atoms with Crippen molar-refractivity contribution in [1.29, 1.82) is 0 Å². The molecular weight excluding hydrogens is 160 g/mol. The summed E-state index contributed by atoms with van der Waals surface area (Å²) in [6.45, 7) is 8.19. The fourth-order valence-corrected chi connectivity index (χ4v) is 2.74. The third-order valence-corrected chi connectivity index (χ3v) is 3.86. The zero-order chi connectivity index (χ0) is 9.31. The van der Waals surface area contributed by atoms with Gasteiger partial charge in [0.25, 0.3) is 0 Å². The first-order valence-electron chi connectivity index (χ1n) is 5.67. The molecule has 2 fully saturated rings. The summed E-state index contributed by atoms with van der Waals surface area (Å²) in [4.78, 5) is 0. The van der Waals surface area contributed by atoms with E-state index in [-0.39, 0.29) is 0 Å². The van der Waals surface area contributed by atoms with Crippen molar-refractivity contribution in [3.63, 3.8) is 0 Å². The van der Waals surface area contributed by atoms with Crippen molar-refractivity contribution in [2.75, 3.05) is 19.6 Å². The molecule has 1 saturated heterocycles.